The van der Waals surface area contributed by atoms with Crippen molar-refractivity contribution in [2.24, 2.45) is 5.92 Å². The minimum atomic E-state index is -0.121. The fourth-order valence-corrected chi connectivity index (χ4v) is 4.35. The number of hydrogen-bond donors (Lipinski definition) is 1. The van der Waals surface area contributed by atoms with Gasteiger partial charge in [0.15, 0.2) is 11.5 Å². The van der Waals surface area contributed by atoms with Gasteiger partial charge in [0.05, 0.1) is 40.9 Å². The molecule has 1 aromatic heterocycles. The lowest BCUT2D eigenvalue weighted by atomic mass is 9.97. The first-order chi connectivity index (χ1) is 17.5. The number of hydrogen-bond acceptors (Lipinski definition) is 9. The second-order valence-corrected chi connectivity index (χ2v) is 8.57. The van der Waals surface area contributed by atoms with Crippen molar-refractivity contribution in [1.29, 1.82) is 0 Å². The van der Waals surface area contributed by atoms with E-state index in [1.807, 2.05) is 36.4 Å². The second kappa shape index (κ2) is 11.8. The highest BCUT2D eigenvalue weighted by molar-refractivity contribution is 5.79. The number of nitrogens with one attached hydrogen (secondary N) is 1. The maximum absolute atomic E-state index is 13.0. The van der Waals surface area contributed by atoms with Crippen molar-refractivity contribution < 1.29 is 28.3 Å². The van der Waals surface area contributed by atoms with Gasteiger partial charge in [-0.2, -0.15) is 4.98 Å². The zero-order valence-electron chi connectivity index (χ0n) is 21.1. The van der Waals surface area contributed by atoms with Gasteiger partial charge < -0.3 is 28.8 Å². The molecule has 36 heavy (non-hydrogen) atoms. The lowest BCUT2D eigenvalue weighted by Crippen LogP contribution is -2.42. The van der Waals surface area contributed by atoms with Crippen molar-refractivity contribution in [2.75, 3.05) is 41.5 Å². The van der Waals surface area contributed by atoms with Crippen LogP contribution in [-0.2, 0) is 17.9 Å². The minimum absolute atomic E-state index is 0.0119. The third-order valence-electron chi connectivity index (χ3n) is 6.24. The smallest absolute Gasteiger partial charge is 0.241 e. The highest BCUT2D eigenvalue weighted by Gasteiger charge is 2.27. The molecule has 0 spiro atoms. The average Bonchev–Trinajstić information content (AvgIpc) is 3.39. The van der Waals surface area contributed by atoms with Crippen molar-refractivity contribution in [3.63, 3.8) is 0 Å². The van der Waals surface area contributed by atoms with Crippen molar-refractivity contribution in [3.05, 3.63) is 47.9 Å². The first kappa shape index (κ1) is 25.3. The van der Waals surface area contributed by atoms with Crippen LogP contribution in [0.3, 0.4) is 0 Å². The van der Waals surface area contributed by atoms with Gasteiger partial charge in [-0.3, -0.25) is 9.69 Å². The predicted molar refractivity (Wildman–Crippen MR) is 132 cm³/mol. The third kappa shape index (κ3) is 5.88. The van der Waals surface area contributed by atoms with Crippen LogP contribution in [0.2, 0.25) is 0 Å². The number of ether oxygens (including phenoxy) is 4. The monoisotopic (exact) mass is 496 g/mol. The number of rotatable bonds is 10. The normalized spacial score (nSPS) is 15.8. The van der Waals surface area contributed by atoms with Crippen LogP contribution in [-0.4, -0.2) is 62.5 Å². The molecule has 0 aliphatic carbocycles. The molecule has 1 fully saturated rings. The largest absolute Gasteiger partial charge is 0.497 e. The Kier molecular flexibility index (Phi) is 8.27. The van der Waals surface area contributed by atoms with Gasteiger partial charge in [-0.05, 0) is 61.3 Å². The fraction of sp³-hybridized carbons (Fsp3) is 0.423. The van der Waals surface area contributed by atoms with E-state index < -0.39 is 0 Å². The van der Waals surface area contributed by atoms with E-state index in [1.54, 1.807) is 28.4 Å². The second-order valence-electron chi connectivity index (χ2n) is 8.57. The molecule has 2 heterocycles. The zero-order chi connectivity index (χ0) is 25.5. The first-order valence-electron chi connectivity index (χ1n) is 11.8. The average molecular weight is 497 g/mol. The van der Waals surface area contributed by atoms with E-state index in [1.165, 1.54) is 0 Å². The summed E-state index contributed by atoms with van der Waals surface area (Å²) in [5.74, 6) is 3.35. The van der Waals surface area contributed by atoms with Crippen LogP contribution >= 0.6 is 0 Å². The molecule has 10 nitrogen and oxygen atoms in total. The Hall–Kier alpha value is -3.79. The molecule has 1 N–H and O–H groups in total. The van der Waals surface area contributed by atoms with E-state index in [0.29, 0.717) is 48.6 Å². The van der Waals surface area contributed by atoms with E-state index in [9.17, 15) is 4.79 Å². The summed E-state index contributed by atoms with van der Waals surface area (Å²) >= 11 is 0. The molecule has 1 aliphatic heterocycles. The van der Waals surface area contributed by atoms with Crippen LogP contribution in [0, 0.1) is 5.92 Å². The Labute approximate surface area is 210 Å². The van der Waals surface area contributed by atoms with E-state index >= 15 is 0 Å². The summed E-state index contributed by atoms with van der Waals surface area (Å²) in [5.41, 5.74) is 1.72. The van der Waals surface area contributed by atoms with Crippen LogP contribution in [0.15, 0.2) is 40.9 Å². The van der Waals surface area contributed by atoms with Crippen molar-refractivity contribution in [2.45, 2.75) is 25.9 Å². The Bertz CT molecular complexity index is 1140. The number of carbonyl (C=O) groups is 1. The van der Waals surface area contributed by atoms with Crippen LogP contribution in [0.1, 0.15) is 24.3 Å². The molecule has 1 amide bonds. The molecule has 0 radical (unpaired) electrons. The van der Waals surface area contributed by atoms with Crippen molar-refractivity contribution in [3.8, 4) is 34.4 Å². The van der Waals surface area contributed by atoms with Gasteiger partial charge in [0.2, 0.25) is 23.4 Å². The van der Waals surface area contributed by atoms with Crippen molar-refractivity contribution >= 4 is 5.91 Å². The zero-order valence-corrected chi connectivity index (χ0v) is 21.1. The summed E-state index contributed by atoms with van der Waals surface area (Å²) in [5, 5.41) is 7.15. The molecule has 1 unspecified atom stereocenters. The fourth-order valence-electron chi connectivity index (χ4n) is 4.35. The number of methoxy groups -OCH3 is 4. The molecule has 0 bridgehead atoms. The molecule has 1 atom stereocenters. The molecule has 1 saturated heterocycles. The van der Waals surface area contributed by atoms with Crippen LogP contribution in [0.5, 0.6) is 23.0 Å². The Morgan fingerprint density at radius 1 is 1.06 bits per heavy atom. The third-order valence-corrected chi connectivity index (χ3v) is 6.24. The van der Waals surface area contributed by atoms with Gasteiger partial charge in [-0.1, -0.05) is 5.16 Å². The molecular weight excluding hydrogens is 464 g/mol. The predicted octanol–water partition coefficient (Wildman–Crippen LogP) is 3.30. The summed E-state index contributed by atoms with van der Waals surface area (Å²) in [6, 6.07) is 11.2. The first-order valence-corrected chi connectivity index (χ1v) is 11.8. The number of nitrogens with zero attached hydrogens (tertiary/aromatic N) is 3. The SMILES string of the molecule is COc1ccc(-c2noc(CN3CCCC(C(=O)NCc4cc(OC)c(OC)c(OC)c4)C3)n2)cc1. The molecule has 4 rings (SSSR count). The molecule has 2 aromatic carbocycles. The molecule has 192 valence electrons. The molecule has 0 saturated carbocycles. The van der Waals surface area contributed by atoms with E-state index in [4.69, 9.17) is 23.5 Å². The number of piperidine rings is 1. The molecule has 3 aromatic rings. The summed E-state index contributed by atoms with van der Waals surface area (Å²) < 4.78 is 26.8. The van der Waals surface area contributed by atoms with Crippen molar-refractivity contribution in [1.82, 2.24) is 20.4 Å². The number of carbonyl (C=O) groups excluding carboxylic acids is 1. The molecule has 1 aliphatic rings. The quantitative estimate of drug-likeness (QED) is 0.452. The van der Waals surface area contributed by atoms with E-state index in [2.05, 4.69) is 20.4 Å². The maximum atomic E-state index is 13.0. The lowest BCUT2D eigenvalue weighted by Gasteiger charge is -2.30. The Morgan fingerprint density at radius 2 is 1.78 bits per heavy atom. The van der Waals surface area contributed by atoms with E-state index in [0.717, 1.165) is 36.3 Å². The highest BCUT2D eigenvalue weighted by atomic mass is 16.5. The van der Waals surface area contributed by atoms with Gasteiger partial charge in [0, 0.05) is 18.7 Å². The van der Waals surface area contributed by atoms with Crippen LogP contribution < -0.4 is 24.3 Å². The van der Waals surface area contributed by atoms with Gasteiger partial charge in [0.1, 0.15) is 5.75 Å². The maximum Gasteiger partial charge on any atom is 0.241 e. The number of amides is 1. The summed E-state index contributed by atoms with van der Waals surface area (Å²) in [6.07, 6.45) is 1.75. The number of benzene rings is 2. The minimum Gasteiger partial charge on any atom is -0.497 e. The van der Waals surface area contributed by atoms with Gasteiger partial charge >= 0.3 is 0 Å². The highest BCUT2D eigenvalue weighted by Crippen LogP contribution is 2.38. The Balaban J connectivity index is 1.33. The summed E-state index contributed by atoms with van der Waals surface area (Å²) in [6.45, 7) is 2.36. The topological polar surface area (TPSA) is 108 Å². The van der Waals surface area contributed by atoms with Gasteiger partial charge in [0.25, 0.3) is 0 Å². The Morgan fingerprint density at radius 3 is 2.42 bits per heavy atom. The standard InChI is InChI=1S/C26H32N4O6/c1-32-20-9-7-18(8-10-20)25-28-23(36-29-25)16-30-11-5-6-19(15-30)26(31)27-14-17-12-21(33-2)24(35-4)22(13-17)34-3/h7-10,12-13,19H,5-6,11,14-16H2,1-4H3,(H,27,31). The molecule has 10 heteroatoms. The summed E-state index contributed by atoms with van der Waals surface area (Å²) in [7, 11) is 6.32. The number of likely N-dealkylation sites (tertiary alicyclic amines) is 1. The van der Waals surface area contributed by atoms with Crippen LogP contribution in [0.4, 0.5) is 0 Å². The number of aromatic nitrogens is 2. The summed E-state index contributed by atoms with van der Waals surface area (Å²) in [4.78, 5) is 19.7. The van der Waals surface area contributed by atoms with Crippen LogP contribution in [0.25, 0.3) is 11.4 Å². The lowest BCUT2D eigenvalue weighted by molar-refractivity contribution is -0.127. The van der Waals surface area contributed by atoms with Gasteiger partial charge in [-0.25, -0.2) is 0 Å². The molecular formula is C26H32N4O6. The van der Waals surface area contributed by atoms with Gasteiger partial charge in [-0.15, -0.1) is 0 Å². The van der Waals surface area contributed by atoms with E-state index in [-0.39, 0.29) is 11.8 Å².